The summed E-state index contributed by atoms with van der Waals surface area (Å²) >= 11 is 0. The molecule has 0 aromatic rings. The largest absolute Gasteiger partial charge is 0.392 e. The lowest BCUT2D eigenvalue weighted by atomic mass is 9.85. The predicted molar refractivity (Wildman–Crippen MR) is 62.8 cm³/mol. The minimum atomic E-state index is -0.104. The fourth-order valence-electron chi connectivity index (χ4n) is 2.87. The molecular weight excluding hydrogens is 186 g/mol. The Morgan fingerprint density at radius 3 is 2.27 bits per heavy atom. The summed E-state index contributed by atoms with van der Waals surface area (Å²) < 4.78 is 0. The molecule has 0 aliphatic heterocycles. The van der Waals surface area contributed by atoms with Crippen molar-refractivity contribution in [1.29, 1.82) is 0 Å². The Balaban J connectivity index is 1.49. The SMILES string of the molecule is OC(CNCC1CCC1)CC1CCCC1. The van der Waals surface area contributed by atoms with Gasteiger partial charge in [0, 0.05) is 6.54 Å². The first-order valence-corrected chi connectivity index (χ1v) is 6.73. The molecule has 2 heteroatoms. The van der Waals surface area contributed by atoms with Crippen LogP contribution in [-0.2, 0) is 0 Å². The minimum Gasteiger partial charge on any atom is -0.392 e. The van der Waals surface area contributed by atoms with Crippen molar-refractivity contribution in [3.05, 3.63) is 0 Å². The van der Waals surface area contributed by atoms with Gasteiger partial charge in [-0.15, -0.1) is 0 Å². The van der Waals surface area contributed by atoms with Crippen molar-refractivity contribution in [2.45, 2.75) is 57.5 Å². The molecule has 0 bridgehead atoms. The topological polar surface area (TPSA) is 32.3 Å². The summed E-state index contributed by atoms with van der Waals surface area (Å²) in [6.45, 7) is 1.94. The van der Waals surface area contributed by atoms with Crippen LogP contribution < -0.4 is 5.32 Å². The molecule has 0 saturated heterocycles. The van der Waals surface area contributed by atoms with Gasteiger partial charge in [0.2, 0.25) is 0 Å². The van der Waals surface area contributed by atoms with Crippen LogP contribution in [0.4, 0.5) is 0 Å². The van der Waals surface area contributed by atoms with E-state index < -0.39 is 0 Å². The summed E-state index contributed by atoms with van der Waals surface area (Å²) in [6.07, 6.45) is 10.6. The van der Waals surface area contributed by atoms with E-state index in [9.17, 15) is 5.11 Å². The normalized spacial score (nSPS) is 25.4. The Hall–Kier alpha value is -0.0800. The molecule has 1 unspecified atom stereocenters. The van der Waals surface area contributed by atoms with Gasteiger partial charge in [-0.3, -0.25) is 0 Å². The third-order valence-corrected chi connectivity index (χ3v) is 4.12. The summed E-state index contributed by atoms with van der Waals surface area (Å²) in [4.78, 5) is 0. The van der Waals surface area contributed by atoms with E-state index in [4.69, 9.17) is 0 Å². The van der Waals surface area contributed by atoms with Crippen LogP contribution in [0.3, 0.4) is 0 Å². The molecule has 0 radical (unpaired) electrons. The van der Waals surface area contributed by atoms with Crippen LogP contribution in [0.2, 0.25) is 0 Å². The lowest BCUT2D eigenvalue weighted by Gasteiger charge is -2.26. The molecule has 0 spiro atoms. The average Bonchev–Trinajstić information content (AvgIpc) is 2.62. The van der Waals surface area contributed by atoms with Crippen molar-refractivity contribution in [1.82, 2.24) is 5.32 Å². The van der Waals surface area contributed by atoms with E-state index in [2.05, 4.69) is 5.32 Å². The quantitative estimate of drug-likeness (QED) is 0.706. The molecule has 2 aliphatic carbocycles. The molecule has 15 heavy (non-hydrogen) atoms. The fourth-order valence-corrected chi connectivity index (χ4v) is 2.87. The van der Waals surface area contributed by atoms with E-state index in [-0.39, 0.29) is 6.10 Å². The smallest absolute Gasteiger partial charge is 0.0667 e. The van der Waals surface area contributed by atoms with Crippen LogP contribution in [-0.4, -0.2) is 24.3 Å². The highest BCUT2D eigenvalue weighted by molar-refractivity contribution is 4.75. The fraction of sp³-hybridized carbons (Fsp3) is 1.00. The monoisotopic (exact) mass is 211 g/mol. The second-order valence-electron chi connectivity index (χ2n) is 5.50. The number of aliphatic hydroxyl groups is 1. The summed E-state index contributed by atoms with van der Waals surface area (Å²) in [7, 11) is 0. The number of rotatable bonds is 6. The third kappa shape index (κ3) is 3.76. The Kier molecular flexibility index (Phi) is 4.45. The van der Waals surface area contributed by atoms with Crippen LogP contribution in [0, 0.1) is 11.8 Å². The molecule has 0 amide bonds. The van der Waals surface area contributed by atoms with Gasteiger partial charge in [0.05, 0.1) is 6.10 Å². The Labute approximate surface area is 93.5 Å². The van der Waals surface area contributed by atoms with Crippen LogP contribution in [0.1, 0.15) is 51.4 Å². The molecular formula is C13H25NO. The van der Waals surface area contributed by atoms with Crippen LogP contribution in [0.25, 0.3) is 0 Å². The van der Waals surface area contributed by atoms with Crippen molar-refractivity contribution >= 4 is 0 Å². The van der Waals surface area contributed by atoms with Gasteiger partial charge < -0.3 is 10.4 Å². The van der Waals surface area contributed by atoms with Crippen molar-refractivity contribution in [3.8, 4) is 0 Å². The zero-order valence-electron chi connectivity index (χ0n) is 9.75. The van der Waals surface area contributed by atoms with Gasteiger partial charge in [-0.2, -0.15) is 0 Å². The second kappa shape index (κ2) is 5.86. The zero-order chi connectivity index (χ0) is 10.5. The van der Waals surface area contributed by atoms with Gasteiger partial charge in [-0.05, 0) is 37.6 Å². The summed E-state index contributed by atoms with van der Waals surface area (Å²) in [5.74, 6) is 1.72. The third-order valence-electron chi connectivity index (χ3n) is 4.12. The molecule has 0 aromatic carbocycles. The van der Waals surface area contributed by atoms with Gasteiger partial charge >= 0.3 is 0 Å². The highest BCUT2D eigenvalue weighted by Crippen LogP contribution is 2.28. The average molecular weight is 211 g/mol. The molecule has 1 atom stereocenters. The van der Waals surface area contributed by atoms with Crippen molar-refractivity contribution in [2.24, 2.45) is 11.8 Å². The summed E-state index contributed by atoms with van der Waals surface area (Å²) in [5.41, 5.74) is 0. The Morgan fingerprint density at radius 1 is 1.00 bits per heavy atom. The van der Waals surface area contributed by atoms with Gasteiger partial charge in [-0.1, -0.05) is 32.1 Å². The lowest BCUT2D eigenvalue weighted by Crippen LogP contribution is -2.33. The molecule has 2 saturated carbocycles. The van der Waals surface area contributed by atoms with E-state index in [0.717, 1.165) is 31.3 Å². The van der Waals surface area contributed by atoms with Crippen molar-refractivity contribution < 1.29 is 5.11 Å². The Morgan fingerprint density at radius 2 is 1.67 bits per heavy atom. The summed E-state index contributed by atoms with van der Waals surface area (Å²) in [6, 6.07) is 0. The maximum absolute atomic E-state index is 9.85. The number of hydrogen-bond acceptors (Lipinski definition) is 2. The summed E-state index contributed by atoms with van der Waals surface area (Å²) in [5, 5.41) is 13.3. The van der Waals surface area contributed by atoms with Gasteiger partial charge in [-0.25, -0.2) is 0 Å². The molecule has 2 aliphatic rings. The van der Waals surface area contributed by atoms with Gasteiger partial charge in [0.25, 0.3) is 0 Å². The van der Waals surface area contributed by atoms with Crippen LogP contribution in [0.5, 0.6) is 0 Å². The molecule has 2 nitrogen and oxygen atoms in total. The van der Waals surface area contributed by atoms with E-state index in [1.165, 1.54) is 44.9 Å². The predicted octanol–water partition coefficient (Wildman–Crippen LogP) is 2.32. The van der Waals surface area contributed by atoms with Crippen LogP contribution in [0.15, 0.2) is 0 Å². The van der Waals surface area contributed by atoms with E-state index in [1.807, 2.05) is 0 Å². The maximum Gasteiger partial charge on any atom is 0.0667 e. The minimum absolute atomic E-state index is 0.104. The first-order valence-electron chi connectivity index (χ1n) is 6.73. The molecule has 2 fully saturated rings. The van der Waals surface area contributed by atoms with Gasteiger partial charge in [0.15, 0.2) is 0 Å². The lowest BCUT2D eigenvalue weighted by molar-refractivity contribution is 0.137. The molecule has 2 N–H and O–H groups in total. The Bertz CT molecular complexity index is 173. The highest BCUT2D eigenvalue weighted by atomic mass is 16.3. The highest BCUT2D eigenvalue weighted by Gasteiger charge is 2.20. The zero-order valence-corrected chi connectivity index (χ0v) is 9.75. The second-order valence-corrected chi connectivity index (χ2v) is 5.50. The molecule has 2 rings (SSSR count). The molecule has 88 valence electrons. The van der Waals surface area contributed by atoms with E-state index >= 15 is 0 Å². The number of hydrogen-bond donors (Lipinski definition) is 2. The maximum atomic E-state index is 9.85. The molecule has 0 heterocycles. The molecule has 0 aromatic heterocycles. The number of aliphatic hydroxyl groups excluding tert-OH is 1. The standard InChI is InChI=1S/C13H25NO/c15-13(8-11-4-1-2-5-11)10-14-9-12-6-3-7-12/h11-15H,1-10H2. The van der Waals surface area contributed by atoms with Crippen molar-refractivity contribution in [2.75, 3.05) is 13.1 Å². The first kappa shape index (κ1) is 11.4. The van der Waals surface area contributed by atoms with Crippen molar-refractivity contribution in [3.63, 3.8) is 0 Å². The van der Waals surface area contributed by atoms with Gasteiger partial charge in [0.1, 0.15) is 0 Å². The van der Waals surface area contributed by atoms with Crippen LogP contribution >= 0.6 is 0 Å². The van der Waals surface area contributed by atoms with E-state index in [0.29, 0.717) is 0 Å². The van der Waals surface area contributed by atoms with E-state index in [1.54, 1.807) is 0 Å². The number of nitrogens with one attached hydrogen (secondary N) is 1. The first-order chi connectivity index (χ1) is 7.34.